The summed E-state index contributed by atoms with van der Waals surface area (Å²) in [6.45, 7) is 9.36. The minimum Gasteiger partial charge on any atom is -0.494 e. The number of ether oxygens (including phenoxy) is 2. The van der Waals surface area contributed by atoms with E-state index in [2.05, 4.69) is 15.5 Å². The van der Waals surface area contributed by atoms with Crippen LogP contribution >= 0.6 is 0 Å². The number of rotatable bonds is 6. The highest BCUT2D eigenvalue weighted by Gasteiger charge is 2.23. The number of aromatic nitrogens is 2. The summed E-state index contributed by atoms with van der Waals surface area (Å²) in [4.78, 5) is 7.39. The van der Waals surface area contributed by atoms with E-state index >= 15 is 0 Å². The van der Waals surface area contributed by atoms with Gasteiger partial charge in [0.15, 0.2) is 0 Å². The molecule has 6 heteroatoms. The van der Waals surface area contributed by atoms with Crippen LogP contribution in [0.15, 0.2) is 42.5 Å². The van der Waals surface area contributed by atoms with Gasteiger partial charge in [-0.1, -0.05) is 19.9 Å². The van der Waals surface area contributed by atoms with Gasteiger partial charge in [0.25, 0.3) is 0 Å². The molecule has 0 saturated carbocycles. The van der Waals surface area contributed by atoms with Crippen LogP contribution in [0.1, 0.15) is 38.9 Å². The van der Waals surface area contributed by atoms with Crippen LogP contribution in [0.4, 0.5) is 4.39 Å². The Hall–Kier alpha value is -2.60. The summed E-state index contributed by atoms with van der Waals surface area (Å²) in [5.74, 6) is 3.30. The molecule has 0 bridgehead atoms. The quantitative estimate of drug-likeness (QED) is 0.539. The molecular weight excluding hydrogens is 393 g/mol. The smallest absolute Gasteiger partial charge is 0.145 e. The van der Waals surface area contributed by atoms with Crippen molar-refractivity contribution in [2.24, 2.45) is 5.92 Å². The monoisotopic (exact) mass is 425 g/mol. The molecule has 3 heterocycles. The molecule has 2 aromatic carbocycles. The van der Waals surface area contributed by atoms with Crippen molar-refractivity contribution in [2.45, 2.75) is 46.2 Å². The van der Waals surface area contributed by atoms with E-state index < -0.39 is 0 Å². The van der Waals surface area contributed by atoms with Gasteiger partial charge in [-0.15, -0.1) is 0 Å². The molecule has 31 heavy (non-hydrogen) atoms. The Kier molecular flexibility index (Phi) is 7.07. The molecule has 0 unspecified atom stereocenters. The minimum absolute atomic E-state index is 0.229. The van der Waals surface area contributed by atoms with Gasteiger partial charge in [-0.3, -0.25) is 4.90 Å². The number of hydrogen-bond acceptors (Lipinski definition) is 4. The average Bonchev–Trinajstić information content (AvgIpc) is 3.17. The number of halogens is 1. The van der Waals surface area contributed by atoms with Crippen molar-refractivity contribution in [2.75, 3.05) is 26.3 Å². The Morgan fingerprint density at radius 1 is 1.06 bits per heavy atom. The van der Waals surface area contributed by atoms with Crippen LogP contribution in [0, 0.1) is 11.7 Å². The summed E-state index contributed by atoms with van der Waals surface area (Å²) in [5, 5.41) is 0. The highest BCUT2D eigenvalue weighted by molar-refractivity contribution is 5.83. The molecule has 2 aliphatic rings. The normalized spacial score (nSPS) is 16.5. The molecule has 3 aromatic rings. The third kappa shape index (κ3) is 5.01. The number of benzene rings is 2. The fourth-order valence-electron chi connectivity index (χ4n) is 4.43. The van der Waals surface area contributed by atoms with Crippen LogP contribution in [0.2, 0.25) is 0 Å². The van der Waals surface area contributed by atoms with Crippen LogP contribution in [0.3, 0.4) is 0 Å². The second kappa shape index (κ2) is 10.1. The fraction of sp³-hybridized carbons (Fsp3) is 0.480. The van der Waals surface area contributed by atoms with Crippen LogP contribution in [-0.4, -0.2) is 40.8 Å². The van der Waals surface area contributed by atoms with Crippen LogP contribution in [-0.2, 0) is 13.1 Å². The van der Waals surface area contributed by atoms with E-state index in [-0.39, 0.29) is 5.82 Å². The zero-order valence-corrected chi connectivity index (χ0v) is 18.5. The molecule has 2 aliphatic heterocycles. The predicted octanol–water partition coefficient (Wildman–Crippen LogP) is 5.28. The lowest BCUT2D eigenvalue weighted by molar-refractivity contribution is 0.153. The standard InChI is InChI=1S/C23H26FN3O2.C2H6/c24-18-4-6-19(7-5-18)28-14-10-17-8-11-26(12-9-17)16-22-25-20-2-1-3-21-23(20)27(22)13-15-29-21;1-2/h1-7,17H,8-16H2;1-2H3. The summed E-state index contributed by atoms with van der Waals surface area (Å²) >= 11 is 0. The van der Waals surface area contributed by atoms with E-state index in [9.17, 15) is 4.39 Å². The first-order valence-electron chi connectivity index (χ1n) is 11.5. The van der Waals surface area contributed by atoms with Gasteiger partial charge >= 0.3 is 0 Å². The van der Waals surface area contributed by atoms with Crippen LogP contribution in [0.5, 0.6) is 11.5 Å². The van der Waals surface area contributed by atoms with E-state index in [1.54, 1.807) is 12.1 Å². The van der Waals surface area contributed by atoms with Gasteiger partial charge in [-0.2, -0.15) is 0 Å². The molecule has 0 atom stereocenters. The van der Waals surface area contributed by atoms with Gasteiger partial charge in [0.05, 0.1) is 25.2 Å². The van der Waals surface area contributed by atoms with Crippen molar-refractivity contribution < 1.29 is 13.9 Å². The number of piperidine rings is 1. The van der Waals surface area contributed by atoms with E-state index in [1.807, 2.05) is 26.0 Å². The van der Waals surface area contributed by atoms with Crippen molar-refractivity contribution in [3.05, 3.63) is 54.1 Å². The van der Waals surface area contributed by atoms with E-state index in [0.717, 1.165) is 61.0 Å². The lowest BCUT2D eigenvalue weighted by atomic mass is 9.94. The molecule has 5 rings (SSSR count). The van der Waals surface area contributed by atoms with Crippen molar-refractivity contribution in [1.29, 1.82) is 0 Å². The van der Waals surface area contributed by atoms with Gasteiger partial charge in [0, 0.05) is 0 Å². The SMILES string of the molecule is CC.Fc1ccc(OCCC2CCN(Cc3nc4cccc5c4n3CCO5)CC2)cc1. The lowest BCUT2D eigenvalue weighted by Crippen LogP contribution is -2.34. The minimum atomic E-state index is -0.229. The molecule has 0 spiro atoms. The topological polar surface area (TPSA) is 39.5 Å². The van der Waals surface area contributed by atoms with Crippen molar-refractivity contribution in [1.82, 2.24) is 14.5 Å². The fourth-order valence-corrected chi connectivity index (χ4v) is 4.43. The maximum atomic E-state index is 13.0. The summed E-state index contributed by atoms with van der Waals surface area (Å²) < 4.78 is 26.8. The molecule has 0 amide bonds. The highest BCUT2D eigenvalue weighted by Crippen LogP contribution is 2.30. The number of nitrogens with zero attached hydrogens (tertiary/aromatic N) is 3. The van der Waals surface area contributed by atoms with Gasteiger partial charge in [0.2, 0.25) is 0 Å². The first kappa shape index (κ1) is 21.6. The number of hydrogen-bond donors (Lipinski definition) is 0. The third-order valence-corrected chi connectivity index (χ3v) is 6.06. The van der Waals surface area contributed by atoms with E-state index in [0.29, 0.717) is 19.1 Å². The van der Waals surface area contributed by atoms with Crippen LogP contribution in [0.25, 0.3) is 11.0 Å². The van der Waals surface area contributed by atoms with Crippen molar-refractivity contribution in [3.8, 4) is 11.5 Å². The van der Waals surface area contributed by atoms with Crippen LogP contribution < -0.4 is 9.47 Å². The maximum absolute atomic E-state index is 13.0. The summed E-state index contributed by atoms with van der Waals surface area (Å²) in [6, 6.07) is 12.4. The highest BCUT2D eigenvalue weighted by atomic mass is 19.1. The first-order valence-corrected chi connectivity index (χ1v) is 11.5. The third-order valence-electron chi connectivity index (χ3n) is 6.06. The Labute approximate surface area is 183 Å². The molecule has 1 fully saturated rings. The van der Waals surface area contributed by atoms with Gasteiger partial charge in [-0.25, -0.2) is 9.37 Å². The summed E-state index contributed by atoms with van der Waals surface area (Å²) in [6.07, 6.45) is 3.41. The molecular formula is C25H32FN3O2. The summed E-state index contributed by atoms with van der Waals surface area (Å²) in [5.41, 5.74) is 2.17. The van der Waals surface area contributed by atoms with Crippen molar-refractivity contribution >= 4 is 11.0 Å². The Bertz CT molecular complexity index is 978. The second-order valence-electron chi connectivity index (χ2n) is 7.96. The largest absolute Gasteiger partial charge is 0.494 e. The molecule has 0 N–H and O–H groups in total. The molecule has 1 aromatic heterocycles. The maximum Gasteiger partial charge on any atom is 0.145 e. The Balaban J connectivity index is 0.00000112. The predicted molar refractivity (Wildman–Crippen MR) is 121 cm³/mol. The molecule has 1 saturated heterocycles. The number of imidazole rings is 1. The van der Waals surface area contributed by atoms with E-state index in [1.165, 1.54) is 25.0 Å². The van der Waals surface area contributed by atoms with Gasteiger partial charge in [0.1, 0.15) is 35.3 Å². The number of likely N-dealkylation sites (tertiary alicyclic amines) is 1. The Morgan fingerprint density at radius 3 is 2.61 bits per heavy atom. The second-order valence-corrected chi connectivity index (χ2v) is 7.96. The molecule has 0 aliphatic carbocycles. The first-order chi connectivity index (χ1) is 15.3. The number of para-hydroxylation sites is 1. The average molecular weight is 426 g/mol. The molecule has 0 radical (unpaired) electrons. The lowest BCUT2D eigenvalue weighted by Gasteiger charge is -2.32. The zero-order chi connectivity index (χ0) is 21.6. The van der Waals surface area contributed by atoms with E-state index in [4.69, 9.17) is 14.5 Å². The zero-order valence-electron chi connectivity index (χ0n) is 18.5. The molecule has 5 nitrogen and oxygen atoms in total. The summed E-state index contributed by atoms with van der Waals surface area (Å²) in [7, 11) is 0. The van der Waals surface area contributed by atoms with Crippen molar-refractivity contribution in [3.63, 3.8) is 0 Å². The van der Waals surface area contributed by atoms with Gasteiger partial charge in [-0.05, 0) is 74.7 Å². The Morgan fingerprint density at radius 2 is 1.84 bits per heavy atom. The molecule has 166 valence electrons. The van der Waals surface area contributed by atoms with Gasteiger partial charge < -0.3 is 14.0 Å².